The molecule has 0 saturated heterocycles. The van der Waals surface area contributed by atoms with E-state index in [-0.39, 0.29) is 5.56 Å². The Hall–Kier alpha value is -1.72. The molecule has 0 heterocycles. The maximum atomic E-state index is 12.7. The number of rotatable bonds is 3. The summed E-state index contributed by atoms with van der Waals surface area (Å²) in [6.07, 6.45) is 0. The number of hydrogen-bond acceptors (Lipinski definition) is 2. The van der Waals surface area contributed by atoms with Crippen LogP contribution in [-0.4, -0.2) is 19.6 Å². The van der Waals surface area contributed by atoms with Crippen molar-refractivity contribution < 1.29 is 22.7 Å². The van der Waals surface area contributed by atoms with Crippen LogP contribution in [0.15, 0.2) is 18.2 Å². The zero-order valence-electron chi connectivity index (χ0n) is 7.76. The van der Waals surface area contributed by atoms with Gasteiger partial charge in [-0.3, -0.25) is 4.79 Å². The molecule has 0 aliphatic rings. The lowest BCUT2D eigenvalue weighted by Crippen LogP contribution is -2.19. The SMILES string of the molecule is CNC(=O)c1ccc(F)cc1OC(F)F. The lowest BCUT2D eigenvalue weighted by molar-refractivity contribution is -0.0503. The van der Waals surface area contributed by atoms with Gasteiger partial charge in [0.05, 0.1) is 5.56 Å². The summed E-state index contributed by atoms with van der Waals surface area (Å²) < 4.78 is 40.6. The van der Waals surface area contributed by atoms with Gasteiger partial charge in [0.15, 0.2) is 0 Å². The minimum Gasteiger partial charge on any atom is -0.434 e. The Balaban J connectivity index is 3.08. The second kappa shape index (κ2) is 4.68. The highest BCUT2D eigenvalue weighted by Gasteiger charge is 2.15. The molecule has 1 aromatic rings. The van der Waals surface area contributed by atoms with Crippen molar-refractivity contribution in [3.05, 3.63) is 29.6 Å². The first-order valence-electron chi connectivity index (χ1n) is 4.01. The Bertz CT molecular complexity index is 368. The van der Waals surface area contributed by atoms with Gasteiger partial charge in [-0.05, 0) is 12.1 Å². The Morgan fingerprint density at radius 2 is 2.13 bits per heavy atom. The zero-order valence-corrected chi connectivity index (χ0v) is 7.76. The molecule has 6 heteroatoms. The molecular formula is C9H8F3NO2. The molecule has 0 bridgehead atoms. The Morgan fingerprint density at radius 1 is 1.47 bits per heavy atom. The van der Waals surface area contributed by atoms with Crippen LogP contribution in [0.25, 0.3) is 0 Å². The molecule has 1 aromatic carbocycles. The van der Waals surface area contributed by atoms with E-state index in [9.17, 15) is 18.0 Å². The third-order valence-electron chi connectivity index (χ3n) is 1.63. The van der Waals surface area contributed by atoms with Gasteiger partial charge in [0.2, 0.25) is 0 Å². The van der Waals surface area contributed by atoms with Gasteiger partial charge in [-0.2, -0.15) is 8.78 Å². The summed E-state index contributed by atoms with van der Waals surface area (Å²) >= 11 is 0. The van der Waals surface area contributed by atoms with Crippen LogP contribution in [0, 0.1) is 5.82 Å². The van der Waals surface area contributed by atoms with E-state index in [2.05, 4.69) is 10.1 Å². The van der Waals surface area contributed by atoms with E-state index in [1.54, 1.807) is 0 Å². The highest BCUT2D eigenvalue weighted by molar-refractivity contribution is 5.96. The quantitative estimate of drug-likeness (QED) is 0.841. The van der Waals surface area contributed by atoms with E-state index in [1.165, 1.54) is 7.05 Å². The van der Waals surface area contributed by atoms with E-state index < -0.39 is 24.1 Å². The lowest BCUT2D eigenvalue weighted by Gasteiger charge is -2.09. The van der Waals surface area contributed by atoms with E-state index in [0.717, 1.165) is 18.2 Å². The van der Waals surface area contributed by atoms with Gasteiger partial charge < -0.3 is 10.1 Å². The summed E-state index contributed by atoms with van der Waals surface area (Å²) in [5.41, 5.74) is -0.140. The number of halogens is 3. The number of ether oxygens (including phenoxy) is 1. The Kier molecular flexibility index (Phi) is 3.54. The fraction of sp³-hybridized carbons (Fsp3) is 0.222. The summed E-state index contributed by atoms with van der Waals surface area (Å²) in [6.45, 7) is -3.10. The van der Waals surface area contributed by atoms with Crippen molar-refractivity contribution >= 4 is 5.91 Å². The second-order valence-electron chi connectivity index (χ2n) is 2.60. The van der Waals surface area contributed by atoms with E-state index in [1.807, 2.05) is 0 Å². The van der Waals surface area contributed by atoms with Gasteiger partial charge in [0, 0.05) is 13.1 Å². The van der Waals surface area contributed by atoms with Crippen LogP contribution >= 0.6 is 0 Å². The number of amides is 1. The minimum absolute atomic E-state index is 0.140. The van der Waals surface area contributed by atoms with Crippen molar-refractivity contribution in [3.63, 3.8) is 0 Å². The monoisotopic (exact) mass is 219 g/mol. The molecule has 3 nitrogen and oxygen atoms in total. The van der Waals surface area contributed by atoms with Gasteiger partial charge in [0.1, 0.15) is 11.6 Å². The predicted molar refractivity (Wildman–Crippen MR) is 46.4 cm³/mol. The highest BCUT2D eigenvalue weighted by Crippen LogP contribution is 2.21. The van der Waals surface area contributed by atoms with Crippen LogP contribution < -0.4 is 10.1 Å². The zero-order chi connectivity index (χ0) is 11.4. The molecular weight excluding hydrogens is 211 g/mol. The number of alkyl halides is 2. The standard InChI is InChI=1S/C9H8F3NO2/c1-13-8(14)6-3-2-5(10)4-7(6)15-9(11)12/h2-4,9H,1H3,(H,13,14). The number of carbonyl (C=O) groups is 1. The molecule has 1 N–H and O–H groups in total. The van der Waals surface area contributed by atoms with Gasteiger partial charge >= 0.3 is 6.61 Å². The van der Waals surface area contributed by atoms with Gasteiger partial charge in [-0.15, -0.1) is 0 Å². The maximum Gasteiger partial charge on any atom is 0.387 e. The van der Waals surface area contributed by atoms with Crippen LogP contribution in [0.4, 0.5) is 13.2 Å². The largest absolute Gasteiger partial charge is 0.434 e. The Labute approximate surface area is 83.8 Å². The number of benzene rings is 1. The summed E-state index contributed by atoms with van der Waals surface area (Å²) in [7, 11) is 1.33. The van der Waals surface area contributed by atoms with Gasteiger partial charge in [-0.25, -0.2) is 4.39 Å². The molecule has 0 aromatic heterocycles. The fourth-order valence-corrected chi connectivity index (χ4v) is 1.01. The molecule has 1 amide bonds. The number of nitrogens with one attached hydrogen (secondary N) is 1. The molecule has 0 atom stereocenters. The maximum absolute atomic E-state index is 12.7. The summed E-state index contributed by atoms with van der Waals surface area (Å²) in [6, 6.07) is 2.80. The van der Waals surface area contributed by atoms with Crippen molar-refractivity contribution in [1.29, 1.82) is 0 Å². The van der Waals surface area contributed by atoms with Crippen molar-refractivity contribution in [1.82, 2.24) is 5.32 Å². The number of hydrogen-bond donors (Lipinski definition) is 1. The molecule has 1 rings (SSSR count). The van der Waals surface area contributed by atoms with E-state index in [4.69, 9.17) is 0 Å². The fourth-order valence-electron chi connectivity index (χ4n) is 1.01. The molecule has 82 valence electrons. The second-order valence-corrected chi connectivity index (χ2v) is 2.60. The van der Waals surface area contributed by atoms with Crippen molar-refractivity contribution in [2.24, 2.45) is 0 Å². The summed E-state index contributed by atoms with van der Waals surface area (Å²) in [5.74, 6) is -1.85. The average molecular weight is 219 g/mol. The Morgan fingerprint density at radius 3 is 2.67 bits per heavy atom. The topological polar surface area (TPSA) is 38.3 Å². The first-order valence-corrected chi connectivity index (χ1v) is 4.01. The third-order valence-corrected chi connectivity index (χ3v) is 1.63. The van der Waals surface area contributed by atoms with E-state index >= 15 is 0 Å². The number of carbonyl (C=O) groups excluding carboxylic acids is 1. The first kappa shape index (κ1) is 11.4. The summed E-state index contributed by atoms with van der Waals surface area (Å²) in [4.78, 5) is 11.2. The van der Waals surface area contributed by atoms with Crippen LogP contribution in [-0.2, 0) is 0 Å². The van der Waals surface area contributed by atoms with Gasteiger partial charge in [-0.1, -0.05) is 0 Å². The molecule has 15 heavy (non-hydrogen) atoms. The van der Waals surface area contributed by atoms with Crippen LogP contribution in [0.1, 0.15) is 10.4 Å². The van der Waals surface area contributed by atoms with Crippen molar-refractivity contribution in [2.45, 2.75) is 6.61 Å². The molecule has 0 fully saturated rings. The molecule has 0 saturated carbocycles. The molecule has 0 spiro atoms. The predicted octanol–water partition coefficient (Wildman–Crippen LogP) is 1.79. The van der Waals surface area contributed by atoms with E-state index in [0.29, 0.717) is 0 Å². The summed E-state index contributed by atoms with van der Waals surface area (Å²) in [5, 5.41) is 2.23. The molecule has 0 radical (unpaired) electrons. The highest BCUT2D eigenvalue weighted by atomic mass is 19.3. The molecule has 0 aliphatic carbocycles. The first-order chi connectivity index (χ1) is 7.04. The minimum atomic E-state index is -3.10. The normalized spacial score (nSPS) is 10.2. The molecule has 0 unspecified atom stereocenters. The van der Waals surface area contributed by atoms with Gasteiger partial charge in [0.25, 0.3) is 5.91 Å². The van der Waals surface area contributed by atoms with Crippen molar-refractivity contribution in [3.8, 4) is 5.75 Å². The molecule has 0 aliphatic heterocycles. The lowest BCUT2D eigenvalue weighted by atomic mass is 10.2. The van der Waals surface area contributed by atoms with Crippen LogP contribution in [0.2, 0.25) is 0 Å². The van der Waals surface area contributed by atoms with Crippen LogP contribution in [0.5, 0.6) is 5.75 Å². The van der Waals surface area contributed by atoms with Crippen molar-refractivity contribution in [2.75, 3.05) is 7.05 Å². The van der Waals surface area contributed by atoms with Crippen LogP contribution in [0.3, 0.4) is 0 Å². The average Bonchev–Trinajstić information content (AvgIpc) is 2.16. The third kappa shape index (κ3) is 2.87. The smallest absolute Gasteiger partial charge is 0.387 e.